The fourth-order valence-corrected chi connectivity index (χ4v) is 3.55. The number of ether oxygens (including phenoxy) is 1. The molecule has 1 aliphatic heterocycles. The second kappa shape index (κ2) is 7.19. The van der Waals surface area contributed by atoms with E-state index in [-0.39, 0.29) is 23.5 Å². The minimum atomic E-state index is -2.10. The van der Waals surface area contributed by atoms with Crippen molar-refractivity contribution in [2.24, 2.45) is 0 Å². The van der Waals surface area contributed by atoms with Crippen LogP contribution in [0.25, 0.3) is 0 Å². The summed E-state index contributed by atoms with van der Waals surface area (Å²) in [6, 6.07) is 10.1. The van der Waals surface area contributed by atoms with Crippen LogP contribution in [0.3, 0.4) is 0 Å². The van der Waals surface area contributed by atoms with Gasteiger partial charge in [-0.25, -0.2) is 0 Å². The molecule has 0 bridgehead atoms. The van der Waals surface area contributed by atoms with Gasteiger partial charge in [0.2, 0.25) is 8.32 Å². The first-order valence-corrected chi connectivity index (χ1v) is 11.7. The molecule has 1 heterocycles. The number of hydrogen-bond acceptors (Lipinski definition) is 5. The smallest absolute Gasteiger partial charge is 0.307 e. The standard InChI is InChI=1S/C19H31NO4Si/c1-18(2,3)25(6,7)24-20-19(4,14-17(21)22-5)13-16(23-20)15-11-9-8-10-12-15/h8-12,16H,13-14H2,1-7H3/t16-,19-/m0/s1. The number of rotatable bonds is 5. The van der Waals surface area contributed by atoms with Gasteiger partial charge < -0.3 is 9.26 Å². The highest BCUT2D eigenvalue weighted by Gasteiger charge is 2.51. The van der Waals surface area contributed by atoms with Crippen LogP contribution in [-0.4, -0.2) is 32.2 Å². The third-order valence-electron chi connectivity index (χ3n) is 5.33. The number of carbonyl (C=O) groups excluding carboxylic acids is 1. The maximum atomic E-state index is 12.0. The first kappa shape index (κ1) is 20.1. The van der Waals surface area contributed by atoms with Crippen LogP contribution in [0.15, 0.2) is 30.3 Å². The van der Waals surface area contributed by atoms with Gasteiger partial charge in [0.15, 0.2) is 0 Å². The van der Waals surface area contributed by atoms with E-state index >= 15 is 0 Å². The predicted molar refractivity (Wildman–Crippen MR) is 100 cm³/mol. The topological polar surface area (TPSA) is 48.0 Å². The molecule has 2 rings (SSSR count). The quantitative estimate of drug-likeness (QED) is 0.563. The van der Waals surface area contributed by atoms with Gasteiger partial charge in [0.05, 0.1) is 19.1 Å². The Morgan fingerprint density at radius 3 is 2.44 bits per heavy atom. The van der Waals surface area contributed by atoms with Crippen LogP contribution in [0.5, 0.6) is 0 Å². The molecule has 1 fully saturated rings. The van der Waals surface area contributed by atoms with Crippen LogP contribution >= 0.6 is 0 Å². The molecule has 25 heavy (non-hydrogen) atoms. The molecular formula is C19H31NO4Si. The third kappa shape index (κ3) is 4.50. The maximum Gasteiger partial charge on any atom is 0.307 e. The highest BCUT2D eigenvalue weighted by molar-refractivity contribution is 6.74. The molecule has 0 unspecified atom stereocenters. The van der Waals surface area contributed by atoms with Crippen LogP contribution < -0.4 is 0 Å². The predicted octanol–water partition coefficient (Wildman–Crippen LogP) is 4.62. The van der Waals surface area contributed by atoms with Gasteiger partial charge in [-0.1, -0.05) is 56.3 Å². The van der Waals surface area contributed by atoms with E-state index in [2.05, 4.69) is 33.9 Å². The van der Waals surface area contributed by atoms with Crippen molar-refractivity contribution in [3.8, 4) is 0 Å². The first-order valence-electron chi connectivity index (χ1n) is 8.76. The highest BCUT2D eigenvalue weighted by Crippen LogP contribution is 2.46. The molecule has 0 N–H and O–H groups in total. The van der Waals surface area contributed by atoms with Crippen molar-refractivity contribution in [2.45, 2.75) is 70.3 Å². The highest BCUT2D eigenvalue weighted by atomic mass is 28.4. The van der Waals surface area contributed by atoms with Gasteiger partial charge in [-0.2, -0.15) is 0 Å². The van der Waals surface area contributed by atoms with E-state index in [1.807, 2.05) is 37.3 Å². The Morgan fingerprint density at radius 2 is 1.92 bits per heavy atom. The van der Waals surface area contributed by atoms with Crippen LogP contribution in [0.2, 0.25) is 18.1 Å². The number of methoxy groups -OCH3 is 1. The van der Waals surface area contributed by atoms with Gasteiger partial charge in [-0.3, -0.25) is 9.63 Å². The summed E-state index contributed by atoms with van der Waals surface area (Å²) in [6.45, 7) is 12.9. The first-order chi connectivity index (χ1) is 11.5. The van der Waals surface area contributed by atoms with E-state index in [9.17, 15) is 4.79 Å². The summed E-state index contributed by atoms with van der Waals surface area (Å²) >= 11 is 0. The Labute approximate surface area is 152 Å². The zero-order valence-electron chi connectivity index (χ0n) is 16.5. The van der Waals surface area contributed by atoms with Crippen LogP contribution in [0.1, 0.15) is 52.2 Å². The van der Waals surface area contributed by atoms with Crippen LogP contribution in [0.4, 0.5) is 0 Å². The van der Waals surface area contributed by atoms with Gasteiger partial charge in [0, 0.05) is 6.42 Å². The lowest BCUT2D eigenvalue weighted by atomic mass is 9.90. The molecule has 0 saturated carbocycles. The molecule has 0 aliphatic carbocycles. The summed E-state index contributed by atoms with van der Waals surface area (Å²) in [7, 11) is -0.690. The van der Waals surface area contributed by atoms with Gasteiger partial charge in [-0.05, 0) is 30.6 Å². The summed E-state index contributed by atoms with van der Waals surface area (Å²) in [5, 5.41) is 1.63. The Kier molecular flexibility index (Phi) is 5.78. The lowest BCUT2D eigenvalue weighted by Crippen LogP contribution is -2.52. The van der Waals surface area contributed by atoms with Crippen LogP contribution in [-0.2, 0) is 18.9 Å². The van der Waals surface area contributed by atoms with Crippen molar-refractivity contribution >= 4 is 14.3 Å². The van der Waals surface area contributed by atoms with E-state index in [1.54, 1.807) is 5.23 Å². The molecular weight excluding hydrogens is 334 g/mol. The summed E-state index contributed by atoms with van der Waals surface area (Å²) in [4.78, 5) is 18.2. The van der Waals surface area contributed by atoms with Gasteiger partial charge in [0.1, 0.15) is 6.10 Å². The van der Waals surface area contributed by atoms with Gasteiger partial charge >= 0.3 is 5.97 Å². The molecule has 1 aliphatic rings. The zero-order chi connectivity index (χ0) is 18.9. The largest absolute Gasteiger partial charge is 0.469 e. The second-order valence-electron chi connectivity index (χ2n) is 8.57. The summed E-state index contributed by atoms with van der Waals surface area (Å²) in [5.74, 6) is -0.261. The number of hydroxylamine groups is 2. The third-order valence-corrected chi connectivity index (χ3v) is 9.57. The summed E-state index contributed by atoms with van der Waals surface area (Å²) in [5.41, 5.74) is 0.517. The Hall–Kier alpha value is -1.21. The van der Waals surface area contributed by atoms with E-state index in [0.29, 0.717) is 6.42 Å². The molecule has 1 aromatic carbocycles. The molecule has 0 spiro atoms. The minimum absolute atomic E-state index is 0.0351. The molecule has 0 radical (unpaired) electrons. The van der Waals surface area contributed by atoms with Gasteiger partial charge in [0.25, 0.3) is 0 Å². The van der Waals surface area contributed by atoms with Crippen molar-refractivity contribution in [3.05, 3.63) is 35.9 Å². The minimum Gasteiger partial charge on any atom is -0.469 e. The van der Waals surface area contributed by atoms with E-state index in [1.165, 1.54) is 7.11 Å². The Bertz CT molecular complexity index is 599. The molecule has 0 aromatic heterocycles. The molecule has 140 valence electrons. The number of benzene rings is 1. The fourth-order valence-electron chi connectivity index (χ4n) is 2.60. The maximum absolute atomic E-state index is 12.0. The average Bonchev–Trinajstić information content (AvgIpc) is 2.83. The Balaban J connectivity index is 2.28. The zero-order valence-corrected chi connectivity index (χ0v) is 17.5. The van der Waals surface area contributed by atoms with Crippen molar-refractivity contribution in [3.63, 3.8) is 0 Å². The molecule has 6 heteroatoms. The van der Waals surface area contributed by atoms with Crippen molar-refractivity contribution in [1.29, 1.82) is 0 Å². The normalized spacial score (nSPS) is 25.2. The number of hydrogen-bond donors (Lipinski definition) is 0. The molecule has 5 nitrogen and oxygen atoms in total. The SMILES string of the molecule is COC(=O)C[C@]1(C)C[C@@H](c2ccccc2)ON1O[Si](C)(C)C(C)(C)C. The number of esters is 1. The molecule has 1 saturated heterocycles. The summed E-state index contributed by atoms with van der Waals surface area (Å²) < 4.78 is 11.3. The lowest BCUT2D eigenvalue weighted by Gasteiger charge is -2.42. The molecule has 1 aromatic rings. The monoisotopic (exact) mass is 365 g/mol. The van der Waals surface area contributed by atoms with E-state index in [0.717, 1.165) is 5.56 Å². The lowest BCUT2D eigenvalue weighted by molar-refractivity contribution is -0.349. The van der Waals surface area contributed by atoms with E-state index < -0.39 is 13.9 Å². The Morgan fingerprint density at radius 1 is 1.32 bits per heavy atom. The van der Waals surface area contributed by atoms with Crippen molar-refractivity contribution in [2.75, 3.05) is 7.11 Å². The average molecular weight is 366 g/mol. The molecule has 0 amide bonds. The summed E-state index contributed by atoms with van der Waals surface area (Å²) in [6.07, 6.45) is 0.753. The second-order valence-corrected chi connectivity index (χ2v) is 13.3. The van der Waals surface area contributed by atoms with Crippen LogP contribution in [0, 0.1) is 0 Å². The fraction of sp³-hybridized carbons (Fsp3) is 0.632. The molecule has 2 atom stereocenters. The van der Waals surface area contributed by atoms with Gasteiger partial charge in [-0.15, -0.1) is 0 Å². The number of nitrogens with zero attached hydrogens (tertiary/aromatic N) is 1. The van der Waals surface area contributed by atoms with Crippen molar-refractivity contribution in [1.82, 2.24) is 5.23 Å². The van der Waals surface area contributed by atoms with Crippen molar-refractivity contribution < 1.29 is 18.9 Å². The van der Waals surface area contributed by atoms with E-state index in [4.69, 9.17) is 14.1 Å². The number of carbonyl (C=O) groups is 1.